The standard InChI is InChI=1S/C21H20BrF3N4O2S/c22-17-6-7-20-16(9-17)11-29(32(30,31)21(23,24)25)19(8-15-4-2-1-3-5-15)13-28(20)12-18-10-26-14-27-18/h1-7,9-10,14,19H,8,11-13H2,(H,26,27)/t19-/m1/s1. The van der Waals surface area contributed by atoms with Gasteiger partial charge in [0.15, 0.2) is 0 Å². The van der Waals surface area contributed by atoms with E-state index in [0.29, 0.717) is 26.6 Å². The van der Waals surface area contributed by atoms with Gasteiger partial charge in [-0.15, -0.1) is 0 Å². The largest absolute Gasteiger partial charge is 0.511 e. The maximum absolute atomic E-state index is 13.7. The molecule has 0 aliphatic carbocycles. The Morgan fingerprint density at radius 1 is 1.16 bits per heavy atom. The van der Waals surface area contributed by atoms with Gasteiger partial charge in [0.2, 0.25) is 0 Å². The maximum Gasteiger partial charge on any atom is 0.511 e. The first kappa shape index (κ1) is 22.8. The third kappa shape index (κ3) is 4.69. The fourth-order valence-electron chi connectivity index (χ4n) is 3.92. The van der Waals surface area contributed by atoms with Gasteiger partial charge >= 0.3 is 15.5 Å². The zero-order chi connectivity index (χ0) is 22.9. The number of imidazole rings is 1. The SMILES string of the molecule is O=S(=O)(N1Cc2cc(Br)ccc2N(Cc2cnc[nH]2)C[C@H]1Cc1ccccc1)C(F)(F)F. The van der Waals surface area contributed by atoms with Crippen LogP contribution in [0.2, 0.25) is 0 Å². The summed E-state index contributed by atoms with van der Waals surface area (Å²) in [6.45, 7) is 0.0469. The summed E-state index contributed by atoms with van der Waals surface area (Å²) in [5.41, 5.74) is -2.70. The number of nitrogens with one attached hydrogen (secondary N) is 1. The first-order valence-electron chi connectivity index (χ1n) is 9.78. The molecule has 1 N–H and O–H groups in total. The van der Waals surface area contributed by atoms with Crippen LogP contribution in [0.1, 0.15) is 16.8 Å². The molecule has 0 spiro atoms. The van der Waals surface area contributed by atoms with Crippen molar-refractivity contribution in [3.63, 3.8) is 0 Å². The predicted octanol–water partition coefficient (Wildman–Crippen LogP) is 4.46. The van der Waals surface area contributed by atoms with Crippen LogP contribution >= 0.6 is 15.9 Å². The van der Waals surface area contributed by atoms with Crippen molar-refractivity contribution in [2.24, 2.45) is 0 Å². The third-order valence-electron chi connectivity index (χ3n) is 5.38. The lowest BCUT2D eigenvalue weighted by Gasteiger charge is -2.32. The number of hydrogen-bond acceptors (Lipinski definition) is 4. The molecule has 2 aromatic carbocycles. The van der Waals surface area contributed by atoms with E-state index in [1.807, 2.05) is 4.90 Å². The number of anilines is 1. The fourth-order valence-corrected chi connectivity index (χ4v) is 5.44. The molecule has 3 aromatic rings. The summed E-state index contributed by atoms with van der Waals surface area (Å²) >= 11 is 3.35. The fraction of sp³-hybridized carbons (Fsp3) is 0.286. The zero-order valence-corrected chi connectivity index (χ0v) is 19.2. The highest BCUT2D eigenvalue weighted by atomic mass is 79.9. The molecule has 0 unspecified atom stereocenters. The van der Waals surface area contributed by atoms with E-state index in [1.165, 1.54) is 6.33 Å². The van der Waals surface area contributed by atoms with Gasteiger partial charge in [-0.3, -0.25) is 0 Å². The van der Waals surface area contributed by atoms with Crippen molar-refractivity contribution in [1.29, 1.82) is 0 Å². The van der Waals surface area contributed by atoms with Crippen molar-refractivity contribution in [2.45, 2.75) is 31.1 Å². The average Bonchev–Trinajstić information content (AvgIpc) is 3.19. The zero-order valence-electron chi connectivity index (χ0n) is 16.8. The molecule has 2 heterocycles. The molecule has 0 saturated carbocycles. The normalized spacial score (nSPS) is 17.8. The number of rotatable bonds is 5. The highest BCUT2D eigenvalue weighted by Gasteiger charge is 2.52. The second kappa shape index (κ2) is 8.87. The molecular weight excluding hydrogens is 509 g/mol. The van der Waals surface area contributed by atoms with Gasteiger partial charge in [-0.1, -0.05) is 46.3 Å². The number of aromatic amines is 1. The molecule has 170 valence electrons. The molecule has 0 radical (unpaired) electrons. The maximum atomic E-state index is 13.7. The van der Waals surface area contributed by atoms with Gasteiger partial charge in [0.25, 0.3) is 0 Å². The number of nitrogens with zero attached hydrogens (tertiary/aromatic N) is 3. The molecule has 32 heavy (non-hydrogen) atoms. The lowest BCUT2D eigenvalue weighted by atomic mass is 10.1. The lowest BCUT2D eigenvalue weighted by molar-refractivity contribution is -0.0502. The number of fused-ring (bicyclic) bond motifs is 1. The van der Waals surface area contributed by atoms with E-state index in [9.17, 15) is 21.6 Å². The molecule has 0 fully saturated rings. The van der Waals surface area contributed by atoms with Crippen LogP contribution in [0.5, 0.6) is 0 Å². The minimum Gasteiger partial charge on any atom is -0.364 e. The second-order valence-corrected chi connectivity index (χ2v) is 10.4. The number of halogens is 4. The topological polar surface area (TPSA) is 69.3 Å². The molecule has 0 bridgehead atoms. The van der Waals surface area contributed by atoms with Gasteiger partial charge in [-0.2, -0.15) is 17.5 Å². The number of sulfonamides is 1. The van der Waals surface area contributed by atoms with Crippen molar-refractivity contribution >= 4 is 31.6 Å². The average molecular weight is 529 g/mol. The van der Waals surface area contributed by atoms with Gasteiger partial charge in [0.05, 0.1) is 18.6 Å². The Morgan fingerprint density at radius 2 is 1.91 bits per heavy atom. The van der Waals surface area contributed by atoms with Crippen molar-refractivity contribution in [2.75, 3.05) is 11.4 Å². The van der Waals surface area contributed by atoms with Crippen LogP contribution in [-0.4, -0.2) is 40.8 Å². The first-order chi connectivity index (χ1) is 15.1. The Balaban J connectivity index is 1.81. The van der Waals surface area contributed by atoms with Crippen molar-refractivity contribution < 1.29 is 21.6 Å². The second-order valence-electron chi connectivity index (χ2n) is 7.57. The van der Waals surface area contributed by atoms with Gasteiger partial charge in [0.1, 0.15) is 0 Å². The van der Waals surface area contributed by atoms with Crippen LogP contribution in [0.15, 0.2) is 65.5 Å². The molecule has 1 atom stereocenters. The Bertz CT molecular complexity index is 1170. The number of benzene rings is 2. The molecular formula is C21H20BrF3N4O2S. The summed E-state index contributed by atoms with van der Waals surface area (Å²) in [6.07, 6.45) is 3.31. The smallest absolute Gasteiger partial charge is 0.364 e. The number of hydrogen-bond donors (Lipinski definition) is 1. The molecule has 1 aliphatic heterocycles. The Hall–Kier alpha value is -2.37. The quantitative estimate of drug-likeness (QED) is 0.531. The van der Waals surface area contributed by atoms with Crippen LogP contribution < -0.4 is 4.90 Å². The van der Waals surface area contributed by atoms with E-state index >= 15 is 0 Å². The number of H-pyrrole nitrogens is 1. The van der Waals surface area contributed by atoms with E-state index in [0.717, 1.165) is 11.3 Å². The summed E-state index contributed by atoms with van der Waals surface area (Å²) in [6, 6.07) is 13.2. The lowest BCUT2D eigenvalue weighted by Crippen LogP contribution is -2.49. The Kier molecular flexibility index (Phi) is 6.33. The van der Waals surface area contributed by atoms with Crippen LogP contribution in [0.25, 0.3) is 0 Å². The van der Waals surface area contributed by atoms with Crippen molar-refractivity contribution in [3.05, 3.63) is 82.3 Å². The molecule has 11 heteroatoms. The van der Waals surface area contributed by atoms with Crippen LogP contribution in [0, 0.1) is 0 Å². The van der Waals surface area contributed by atoms with Crippen molar-refractivity contribution in [1.82, 2.24) is 14.3 Å². The van der Waals surface area contributed by atoms with Gasteiger partial charge in [0, 0.05) is 35.5 Å². The van der Waals surface area contributed by atoms with Crippen LogP contribution in [-0.2, 0) is 29.5 Å². The summed E-state index contributed by atoms with van der Waals surface area (Å²) in [7, 11) is -5.56. The number of aromatic nitrogens is 2. The van der Waals surface area contributed by atoms with Crippen molar-refractivity contribution in [3.8, 4) is 0 Å². The van der Waals surface area contributed by atoms with Gasteiger partial charge < -0.3 is 9.88 Å². The van der Waals surface area contributed by atoms with E-state index in [2.05, 4.69) is 25.9 Å². The van der Waals surface area contributed by atoms with Gasteiger partial charge in [-0.25, -0.2) is 13.4 Å². The Morgan fingerprint density at radius 3 is 2.56 bits per heavy atom. The first-order valence-corrected chi connectivity index (χ1v) is 12.0. The Labute approximate surface area is 192 Å². The van der Waals surface area contributed by atoms with E-state index in [1.54, 1.807) is 54.7 Å². The molecule has 0 amide bonds. The van der Waals surface area contributed by atoms with Crippen LogP contribution in [0.3, 0.4) is 0 Å². The third-order valence-corrected chi connectivity index (χ3v) is 7.50. The van der Waals surface area contributed by atoms with E-state index < -0.39 is 21.6 Å². The molecule has 6 nitrogen and oxygen atoms in total. The summed E-state index contributed by atoms with van der Waals surface area (Å²) < 4.78 is 67.5. The van der Waals surface area contributed by atoms with E-state index in [4.69, 9.17) is 0 Å². The summed E-state index contributed by atoms with van der Waals surface area (Å²) in [5, 5.41) is 0. The molecule has 1 aromatic heterocycles. The minimum absolute atomic E-state index is 0.0812. The van der Waals surface area contributed by atoms with Crippen LogP contribution in [0.4, 0.5) is 18.9 Å². The minimum atomic E-state index is -5.56. The molecule has 1 aliphatic rings. The molecule has 4 rings (SSSR count). The van der Waals surface area contributed by atoms with Gasteiger partial charge in [-0.05, 0) is 35.7 Å². The highest BCUT2D eigenvalue weighted by molar-refractivity contribution is 9.10. The summed E-state index contributed by atoms with van der Waals surface area (Å²) in [5.74, 6) is 0. The monoisotopic (exact) mass is 528 g/mol. The summed E-state index contributed by atoms with van der Waals surface area (Å²) in [4.78, 5) is 8.91. The van der Waals surface area contributed by atoms with E-state index in [-0.39, 0.29) is 19.5 Å². The highest BCUT2D eigenvalue weighted by Crippen LogP contribution is 2.37. The molecule has 0 saturated heterocycles. The predicted molar refractivity (Wildman–Crippen MR) is 118 cm³/mol. The number of alkyl halides is 3.